The van der Waals surface area contributed by atoms with Gasteiger partial charge in [-0.1, -0.05) is 53.5 Å². The van der Waals surface area contributed by atoms with E-state index in [4.69, 9.17) is 32.7 Å². The van der Waals surface area contributed by atoms with Crippen LogP contribution in [-0.4, -0.2) is 72.4 Å². The monoisotopic (exact) mass is 478 g/mol. The normalized spacial score (nSPS) is 21.9. The van der Waals surface area contributed by atoms with Crippen molar-refractivity contribution < 1.29 is 19.4 Å². The Bertz CT molecular complexity index is 906. The second kappa shape index (κ2) is 10.9. The van der Waals surface area contributed by atoms with E-state index in [-0.39, 0.29) is 12.2 Å². The van der Waals surface area contributed by atoms with Crippen molar-refractivity contribution in [2.75, 3.05) is 39.3 Å². The SMILES string of the molecule is O=C(O)[C@H](c1ccccc1)N1CCO[C@H](CN2CCC(Oc3ccc(Cl)c(Cl)c3)CC2)C1. The first-order valence-corrected chi connectivity index (χ1v) is 11.7. The number of carboxylic acids is 1. The van der Waals surface area contributed by atoms with Crippen LogP contribution in [0, 0.1) is 0 Å². The Morgan fingerprint density at radius 1 is 1.09 bits per heavy atom. The maximum absolute atomic E-state index is 12.0. The zero-order valence-corrected chi connectivity index (χ0v) is 19.3. The minimum Gasteiger partial charge on any atom is -0.490 e. The van der Waals surface area contributed by atoms with Crippen LogP contribution in [0.1, 0.15) is 24.4 Å². The fourth-order valence-corrected chi connectivity index (χ4v) is 4.76. The van der Waals surface area contributed by atoms with Crippen LogP contribution in [-0.2, 0) is 9.53 Å². The van der Waals surface area contributed by atoms with Crippen molar-refractivity contribution in [2.45, 2.75) is 31.1 Å². The number of morpholine rings is 1. The largest absolute Gasteiger partial charge is 0.490 e. The Kier molecular flexibility index (Phi) is 7.92. The Balaban J connectivity index is 1.28. The lowest BCUT2D eigenvalue weighted by atomic mass is 10.0. The van der Waals surface area contributed by atoms with Crippen molar-refractivity contribution in [1.29, 1.82) is 0 Å². The fraction of sp³-hybridized carbons (Fsp3) is 0.458. The number of halogens is 2. The topological polar surface area (TPSA) is 62.2 Å². The molecule has 2 fully saturated rings. The number of hydrogen-bond donors (Lipinski definition) is 1. The molecule has 0 radical (unpaired) electrons. The van der Waals surface area contributed by atoms with Crippen molar-refractivity contribution in [2.24, 2.45) is 0 Å². The van der Waals surface area contributed by atoms with Crippen LogP contribution in [0.15, 0.2) is 48.5 Å². The molecule has 2 aliphatic heterocycles. The van der Waals surface area contributed by atoms with Gasteiger partial charge in [-0.2, -0.15) is 0 Å². The van der Waals surface area contributed by atoms with E-state index in [0.29, 0.717) is 29.7 Å². The van der Waals surface area contributed by atoms with Gasteiger partial charge >= 0.3 is 5.97 Å². The van der Waals surface area contributed by atoms with E-state index < -0.39 is 12.0 Å². The molecule has 0 bridgehead atoms. The maximum Gasteiger partial charge on any atom is 0.325 e. The summed E-state index contributed by atoms with van der Waals surface area (Å²) < 4.78 is 12.1. The number of carbonyl (C=O) groups is 1. The molecule has 0 aliphatic carbocycles. The number of piperidine rings is 1. The highest BCUT2D eigenvalue weighted by atomic mass is 35.5. The first kappa shape index (κ1) is 23.3. The van der Waals surface area contributed by atoms with Gasteiger partial charge in [0.2, 0.25) is 0 Å². The van der Waals surface area contributed by atoms with Crippen LogP contribution in [0.25, 0.3) is 0 Å². The number of nitrogens with zero attached hydrogens (tertiary/aromatic N) is 2. The van der Waals surface area contributed by atoms with Crippen LogP contribution in [0.3, 0.4) is 0 Å². The Morgan fingerprint density at radius 3 is 2.53 bits per heavy atom. The molecule has 172 valence electrons. The van der Waals surface area contributed by atoms with Gasteiger partial charge in [-0.05, 0) is 30.5 Å². The smallest absolute Gasteiger partial charge is 0.325 e. The van der Waals surface area contributed by atoms with E-state index in [2.05, 4.69) is 4.90 Å². The summed E-state index contributed by atoms with van der Waals surface area (Å²) in [6.45, 7) is 4.36. The molecule has 8 heteroatoms. The fourth-order valence-electron chi connectivity index (χ4n) is 4.47. The molecule has 0 spiro atoms. The van der Waals surface area contributed by atoms with E-state index in [9.17, 15) is 9.90 Å². The van der Waals surface area contributed by atoms with Gasteiger partial charge in [0.1, 0.15) is 17.9 Å². The first-order valence-electron chi connectivity index (χ1n) is 11.0. The highest BCUT2D eigenvalue weighted by molar-refractivity contribution is 6.42. The number of carboxylic acid groups (broad SMARTS) is 1. The van der Waals surface area contributed by atoms with Crippen LogP contribution in [0.2, 0.25) is 10.0 Å². The molecule has 4 rings (SSSR count). The van der Waals surface area contributed by atoms with E-state index >= 15 is 0 Å². The highest BCUT2D eigenvalue weighted by Crippen LogP contribution is 2.28. The van der Waals surface area contributed by atoms with Crippen molar-refractivity contribution in [3.05, 3.63) is 64.1 Å². The summed E-state index contributed by atoms with van der Waals surface area (Å²) >= 11 is 12.1. The van der Waals surface area contributed by atoms with E-state index in [1.54, 1.807) is 12.1 Å². The lowest BCUT2D eigenvalue weighted by Crippen LogP contribution is -2.51. The summed E-state index contributed by atoms with van der Waals surface area (Å²) in [6, 6.07) is 14.1. The van der Waals surface area contributed by atoms with Crippen LogP contribution in [0.5, 0.6) is 5.75 Å². The summed E-state index contributed by atoms with van der Waals surface area (Å²) in [5.41, 5.74) is 0.806. The minimum absolute atomic E-state index is 0.0122. The molecule has 2 atom stereocenters. The summed E-state index contributed by atoms with van der Waals surface area (Å²) in [5.74, 6) is -0.0816. The minimum atomic E-state index is -0.822. The van der Waals surface area contributed by atoms with Gasteiger partial charge in [0.25, 0.3) is 0 Å². The Morgan fingerprint density at radius 2 is 1.84 bits per heavy atom. The predicted molar refractivity (Wildman–Crippen MR) is 125 cm³/mol. The third-order valence-electron chi connectivity index (χ3n) is 6.07. The molecule has 2 aromatic carbocycles. The molecule has 1 N–H and O–H groups in total. The molecule has 0 saturated carbocycles. The molecule has 0 unspecified atom stereocenters. The molecule has 0 amide bonds. The number of aliphatic carboxylic acids is 1. The third-order valence-corrected chi connectivity index (χ3v) is 6.81. The summed E-state index contributed by atoms with van der Waals surface area (Å²) in [4.78, 5) is 16.4. The number of hydrogen-bond acceptors (Lipinski definition) is 5. The zero-order chi connectivity index (χ0) is 22.5. The highest BCUT2D eigenvalue weighted by Gasteiger charge is 2.33. The third kappa shape index (κ3) is 5.94. The summed E-state index contributed by atoms with van der Waals surface area (Å²) in [6.07, 6.45) is 1.96. The van der Waals surface area contributed by atoms with Gasteiger partial charge in [-0.25, -0.2) is 0 Å². The van der Waals surface area contributed by atoms with E-state index in [1.807, 2.05) is 41.3 Å². The van der Waals surface area contributed by atoms with Crippen LogP contribution in [0.4, 0.5) is 0 Å². The Labute approximate surface area is 198 Å². The van der Waals surface area contributed by atoms with Crippen LogP contribution < -0.4 is 4.74 Å². The van der Waals surface area contributed by atoms with Gasteiger partial charge in [-0.3, -0.25) is 9.69 Å². The van der Waals surface area contributed by atoms with Gasteiger partial charge in [0.05, 0.1) is 22.8 Å². The lowest BCUT2D eigenvalue weighted by Gasteiger charge is -2.40. The van der Waals surface area contributed by atoms with E-state index in [0.717, 1.165) is 43.8 Å². The molecule has 0 aromatic heterocycles. The molecule has 2 heterocycles. The maximum atomic E-state index is 12.0. The molecule has 2 aliphatic rings. The average Bonchev–Trinajstić information content (AvgIpc) is 2.79. The average molecular weight is 479 g/mol. The van der Waals surface area contributed by atoms with Crippen LogP contribution >= 0.6 is 23.2 Å². The number of ether oxygens (including phenoxy) is 2. The molecule has 32 heavy (non-hydrogen) atoms. The Hall–Kier alpha value is -1.83. The van der Waals surface area contributed by atoms with Crippen molar-refractivity contribution in [3.63, 3.8) is 0 Å². The standard InChI is InChI=1S/C24H28Cl2N2O4/c25-21-7-6-19(14-22(21)26)32-18-8-10-27(11-9-18)15-20-16-28(12-13-31-20)23(24(29)30)17-4-2-1-3-5-17/h1-7,14,18,20,23H,8-13,15-16H2,(H,29,30)/t20-,23+/m1/s1. The second-order valence-corrected chi connectivity index (χ2v) is 9.15. The van der Waals surface area contributed by atoms with Gasteiger partial charge < -0.3 is 19.5 Å². The van der Waals surface area contributed by atoms with Crippen molar-refractivity contribution in [1.82, 2.24) is 9.80 Å². The van der Waals surface area contributed by atoms with Gasteiger partial charge in [0, 0.05) is 38.8 Å². The van der Waals surface area contributed by atoms with Crippen molar-refractivity contribution >= 4 is 29.2 Å². The number of benzene rings is 2. The summed E-state index contributed by atoms with van der Waals surface area (Å²) in [5, 5.41) is 10.9. The summed E-state index contributed by atoms with van der Waals surface area (Å²) in [7, 11) is 0. The second-order valence-electron chi connectivity index (χ2n) is 8.33. The zero-order valence-electron chi connectivity index (χ0n) is 17.8. The molecule has 6 nitrogen and oxygen atoms in total. The number of rotatable bonds is 7. The van der Waals surface area contributed by atoms with Gasteiger partial charge in [-0.15, -0.1) is 0 Å². The predicted octanol–water partition coefficient (Wildman–Crippen LogP) is 4.36. The van der Waals surface area contributed by atoms with Gasteiger partial charge in [0.15, 0.2) is 0 Å². The molecular weight excluding hydrogens is 451 g/mol. The first-order chi connectivity index (χ1) is 15.5. The quantitative estimate of drug-likeness (QED) is 0.637. The molecular formula is C24H28Cl2N2O4. The lowest BCUT2D eigenvalue weighted by molar-refractivity contribution is -0.147. The molecule has 2 saturated heterocycles. The number of likely N-dealkylation sites (tertiary alicyclic amines) is 1. The van der Waals surface area contributed by atoms with Crippen molar-refractivity contribution in [3.8, 4) is 5.75 Å². The molecule has 2 aromatic rings. The van der Waals surface area contributed by atoms with E-state index in [1.165, 1.54) is 0 Å².